The molecule has 1 heterocycles. The average molecular weight is 267 g/mol. The molecule has 0 atom stereocenters. The lowest BCUT2D eigenvalue weighted by Crippen LogP contribution is -2.41. The number of hydrogen-bond acceptors (Lipinski definition) is 3. The number of ketones is 1. The molecule has 0 saturated carbocycles. The summed E-state index contributed by atoms with van der Waals surface area (Å²) in [7, 11) is -3.48. The molecule has 0 fully saturated rings. The van der Waals surface area contributed by atoms with Gasteiger partial charge in [0.05, 0.1) is 11.4 Å². The number of unbranched alkanes of at least 4 members (excludes halogenated alkanes) is 2. The van der Waals surface area contributed by atoms with Crippen molar-refractivity contribution >= 4 is 15.8 Å². The number of rotatable bonds is 4. The molecular weight excluding hydrogens is 250 g/mol. The first-order valence-corrected chi connectivity index (χ1v) is 7.63. The number of nitrogens with zero attached hydrogens (tertiary/aromatic N) is 1. The highest BCUT2D eigenvalue weighted by Gasteiger charge is 2.34. The lowest BCUT2D eigenvalue weighted by atomic mass is 10.1. The fourth-order valence-corrected chi connectivity index (χ4v) is 3.77. The molecule has 2 rings (SSSR count). The van der Waals surface area contributed by atoms with Crippen molar-refractivity contribution in [1.82, 2.24) is 4.31 Å². The molecule has 5 heteroatoms. The predicted molar refractivity (Wildman–Crippen MR) is 69.1 cm³/mol. The molecule has 4 nitrogen and oxygen atoms in total. The molecule has 1 aliphatic rings. The Morgan fingerprint density at radius 3 is 2.67 bits per heavy atom. The van der Waals surface area contributed by atoms with E-state index in [1.807, 2.05) is 0 Å². The number of carbonyl (C=O) groups excluding carboxylic acids is 1. The normalized spacial score (nSPS) is 18.6. The van der Waals surface area contributed by atoms with Crippen LogP contribution in [0.1, 0.15) is 36.5 Å². The van der Waals surface area contributed by atoms with E-state index in [4.69, 9.17) is 0 Å². The van der Waals surface area contributed by atoms with Crippen LogP contribution in [0.25, 0.3) is 0 Å². The van der Waals surface area contributed by atoms with Crippen LogP contribution in [-0.4, -0.2) is 31.6 Å². The van der Waals surface area contributed by atoms with E-state index in [-0.39, 0.29) is 17.2 Å². The van der Waals surface area contributed by atoms with Gasteiger partial charge in [-0.1, -0.05) is 31.9 Å². The number of hydrogen-bond donors (Lipinski definition) is 0. The molecule has 0 amide bonds. The summed E-state index contributed by atoms with van der Waals surface area (Å²) in [6.45, 7) is 2.46. The zero-order chi connectivity index (χ0) is 13.2. The van der Waals surface area contributed by atoms with E-state index in [1.54, 1.807) is 18.2 Å². The molecule has 0 aromatic heterocycles. The summed E-state index contributed by atoms with van der Waals surface area (Å²) in [6.07, 6.45) is 2.80. The van der Waals surface area contributed by atoms with Crippen molar-refractivity contribution in [3.63, 3.8) is 0 Å². The van der Waals surface area contributed by atoms with Crippen LogP contribution in [0.15, 0.2) is 29.2 Å². The molecule has 0 bridgehead atoms. The third-order valence-corrected chi connectivity index (χ3v) is 5.04. The molecule has 0 radical (unpaired) electrons. The van der Waals surface area contributed by atoms with Crippen LogP contribution in [0, 0.1) is 0 Å². The van der Waals surface area contributed by atoms with Crippen molar-refractivity contribution in [2.45, 2.75) is 31.1 Å². The third-order valence-electron chi connectivity index (χ3n) is 3.14. The van der Waals surface area contributed by atoms with Crippen LogP contribution >= 0.6 is 0 Å². The van der Waals surface area contributed by atoms with Gasteiger partial charge in [0.25, 0.3) is 0 Å². The first-order valence-electron chi connectivity index (χ1n) is 6.19. The number of carbonyl (C=O) groups is 1. The molecular formula is C13H17NO3S. The van der Waals surface area contributed by atoms with Gasteiger partial charge in [-0.2, -0.15) is 4.31 Å². The third kappa shape index (κ3) is 2.33. The van der Waals surface area contributed by atoms with Crippen molar-refractivity contribution in [2.24, 2.45) is 0 Å². The second-order valence-corrected chi connectivity index (χ2v) is 6.37. The molecule has 1 aromatic rings. The smallest absolute Gasteiger partial charge is 0.244 e. The Labute approximate surface area is 108 Å². The van der Waals surface area contributed by atoms with E-state index < -0.39 is 10.0 Å². The fourth-order valence-electron chi connectivity index (χ4n) is 2.13. The first kappa shape index (κ1) is 13.2. The van der Waals surface area contributed by atoms with E-state index in [9.17, 15) is 13.2 Å². The van der Waals surface area contributed by atoms with Gasteiger partial charge in [0, 0.05) is 12.1 Å². The van der Waals surface area contributed by atoms with Gasteiger partial charge in [-0.15, -0.1) is 0 Å². The largest absolute Gasteiger partial charge is 0.293 e. The summed E-state index contributed by atoms with van der Waals surface area (Å²) in [5.41, 5.74) is 0.323. The topological polar surface area (TPSA) is 54.5 Å². The molecule has 0 unspecified atom stereocenters. The van der Waals surface area contributed by atoms with Crippen LogP contribution in [-0.2, 0) is 10.0 Å². The van der Waals surface area contributed by atoms with Crippen molar-refractivity contribution in [2.75, 3.05) is 13.1 Å². The van der Waals surface area contributed by atoms with Gasteiger partial charge in [-0.3, -0.25) is 4.79 Å². The highest BCUT2D eigenvalue weighted by molar-refractivity contribution is 7.89. The molecule has 0 saturated heterocycles. The Kier molecular flexibility index (Phi) is 3.82. The minimum atomic E-state index is -3.48. The van der Waals surface area contributed by atoms with Crippen LogP contribution in [0.3, 0.4) is 0 Å². The molecule has 0 N–H and O–H groups in total. The summed E-state index contributed by atoms with van der Waals surface area (Å²) in [4.78, 5) is 12.1. The number of benzene rings is 1. The van der Waals surface area contributed by atoms with Crippen LogP contribution in [0.4, 0.5) is 0 Å². The Hall–Kier alpha value is -1.20. The van der Waals surface area contributed by atoms with E-state index >= 15 is 0 Å². The minimum absolute atomic E-state index is 0.0247. The zero-order valence-electron chi connectivity index (χ0n) is 10.4. The Balaban J connectivity index is 2.31. The monoisotopic (exact) mass is 267 g/mol. The maximum atomic E-state index is 12.3. The quantitative estimate of drug-likeness (QED) is 0.785. The SMILES string of the molecule is CCCCCN1CC(=O)c2ccccc2S1(=O)=O. The molecule has 0 aliphatic carbocycles. The summed E-state index contributed by atoms with van der Waals surface area (Å²) in [6, 6.07) is 6.44. The highest BCUT2D eigenvalue weighted by Crippen LogP contribution is 2.26. The molecule has 1 aromatic carbocycles. The first-order chi connectivity index (χ1) is 8.57. The van der Waals surface area contributed by atoms with Crippen molar-refractivity contribution in [3.05, 3.63) is 29.8 Å². The van der Waals surface area contributed by atoms with Crippen LogP contribution in [0.2, 0.25) is 0 Å². The van der Waals surface area contributed by atoms with E-state index in [0.29, 0.717) is 12.1 Å². The van der Waals surface area contributed by atoms with Gasteiger partial charge < -0.3 is 0 Å². The lowest BCUT2D eigenvalue weighted by molar-refractivity contribution is 0.0955. The number of fused-ring (bicyclic) bond motifs is 1. The van der Waals surface area contributed by atoms with Gasteiger partial charge in [0.1, 0.15) is 0 Å². The molecule has 1 aliphatic heterocycles. The average Bonchev–Trinajstić information content (AvgIpc) is 2.36. The van der Waals surface area contributed by atoms with E-state index in [1.165, 1.54) is 10.4 Å². The molecule has 98 valence electrons. The maximum absolute atomic E-state index is 12.3. The lowest BCUT2D eigenvalue weighted by Gasteiger charge is -2.27. The minimum Gasteiger partial charge on any atom is -0.293 e. The summed E-state index contributed by atoms with van der Waals surface area (Å²) in [5, 5.41) is 0. The highest BCUT2D eigenvalue weighted by atomic mass is 32.2. The van der Waals surface area contributed by atoms with Crippen molar-refractivity contribution in [3.8, 4) is 0 Å². The van der Waals surface area contributed by atoms with Gasteiger partial charge >= 0.3 is 0 Å². The fraction of sp³-hybridized carbons (Fsp3) is 0.462. The predicted octanol–water partition coefficient (Wildman–Crippen LogP) is 2.06. The summed E-state index contributed by atoms with van der Waals surface area (Å²) in [5.74, 6) is -0.114. The number of Topliss-reactive ketones (excluding diaryl/α,β-unsaturated/α-hetero) is 1. The Bertz CT molecular complexity index is 551. The van der Waals surface area contributed by atoms with E-state index in [2.05, 4.69) is 6.92 Å². The second-order valence-electron chi connectivity index (χ2n) is 4.47. The Morgan fingerprint density at radius 1 is 1.22 bits per heavy atom. The van der Waals surface area contributed by atoms with Crippen molar-refractivity contribution < 1.29 is 13.2 Å². The second kappa shape index (κ2) is 5.20. The summed E-state index contributed by atoms with van der Waals surface area (Å²) >= 11 is 0. The van der Waals surface area contributed by atoms with Gasteiger partial charge in [0.15, 0.2) is 5.78 Å². The Morgan fingerprint density at radius 2 is 1.94 bits per heavy atom. The molecule has 18 heavy (non-hydrogen) atoms. The summed E-state index contributed by atoms with van der Waals surface area (Å²) < 4.78 is 25.9. The van der Waals surface area contributed by atoms with Crippen molar-refractivity contribution in [1.29, 1.82) is 0 Å². The van der Waals surface area contributed by atoms with Gasteiger partial charge in [-0.25, -0.2) is 8.42 Å². The standard InChI is InChI=1S/C13H17NO3S/c1-2-3-6-9-14-10-12(15)11-7-4-5-8-13(11)18(14,16)17/h4-5,7-8H,2-3,6,9-10H2,1H3. The molecule has 0 spiro atoms. The van der Waals surface area contributed by atoms with E-state index in [0.717, 1.165) is 19.3 Å². The van der Waals surface area contributed by atoms with Crippen LogP contribution < -0.4 is 0 Å². The van der Waals surface area contributed by atoms with Gasteiger partial charge in [-0.05, 0) is 18.6 Å². The van der Waals surface area contributed by atoms with Crippen LogP contribution in [0.5, 0.6) is 0 Å². The number of sulfonamides is 1. The maximum Gasteiger partial charge on any atom is 0.244 e. The zero-order valence-corrected chi connectivity index (χ0v) is 11.2. The van der Waals surface area contributed by atoms with Gasteiger partial charge in [0.2, 0.25) is 10.0 Å².